The topological polar surface area (TPSA) is 127 Å². The molecule has 0 bridgehead atoms. The number of aliphatic hydroxyl groups excluding tert-OH is 1. The molecule has 9 heteroatoms. The van der Waals surface area contributed by atoms with Crippen molar-refractivity contribution in [1.29, 1.82) is 0 Å². The first-order valence-electron chi connectivity index (χ1n) is 9.40. The Morgan fingerprint density at radius 2 is 1.87 bits per heavy atom. The van der Waals surface area contributed by atoms with Gasteiger partial charge in [0.2, 0.25) is 5.91 Å². The standard InChI is InChI=1S/C22H21FN4O4/c1-12(21(24)30)25-20-10-18(13(2)29)26-22(27-20)14-3-8-19(15(9-14)11-28)31-17-6-4-16(23)5-7-17/h3-10,12,28H,11H2,1-2H3,(H2,24,30)(H,25,26,27)/t12-/m0/s1. The molecular formula is C22H21FN4O4. The van der Waals surface area contributed by atoms with Crippen LogP contribution in [-0.2, 0) is 11.4 Å². The second-order valence-electron chi connectivity index (χ2n) is 6.82. The Hall–Kier alpha value is -3.85. The first-order chi connectivity index (χ1) is 14.8. The Bertz CT molecular complexity index is 1120. The van der Waals surface area contributed by atoms with Crippen LogP contribution in [0.15, 0.2) is 48.5 Å². The summed E-state index contributed by atoms with van der Waals surface area (Å²) < 4.78 is 18.8. The predicted molar refractivity (Wildman–Crippen MR) is 112 cm³/mol. The first-order valence-corrected chi connectivity index (χ1v) is 9.40. The zero-order chi connectivity index (χ0) is 22.5. The van der Waals surface area contributed by atoms with Crippen molar-refractivity contribution in [2.75, 3.05) is 5.32 Å². The third kappa shape index (κ3) is 5.40. The van der Waals surface area contributed by atoms with Gasteiger partial charge >= 0.3 is 0 Å². The Kier molecular flexibility index (Phi) is 6.56. The molecule has 31 heavy (non-hydrogen) atoms. The number of ether oxygens (including phenoxy) is 1. The van der Waals surface area contributed by atoms with Gasteiger partial charge < -0.3 is 20.9 Å². The van der Waals surface area contributed by atoms with Crippen molar-refractivity contribution in [1.82, 2.24) is 9.97 Å². The van der Waals surface area contributed by atoms with Crippen LogP contribution in [0.3, 0.4) is 0 Å². The molecule has 0 aliphatic heterocycles. The van der Waals surface area contributed by atoms with Crippen LogP contribution in [0.5, 0.6) is 11.5 Å². The highest BCUT2D eigenvalue weighted by Gasteiger charge is 2.15. The van der Waals surface area contributed by atoms with Crippen LogP contribution in [0.2, 0.25) is 0 Å². The van der Waals surface area contributed by atoms with Crippen LogP contribution in [0.1, 0.15) is 29.9 Å². The summed E-state index contributed by atoms with van der Waals surface area (Å²) >= 11 is 0. The SMILES string of the molecule is CC(=O)c1cc(N[C@@H](C)C(N)=O)nc(-c2ccc(Oc3ccc(F)cc3)c(CO)c2)n1. The average molecular weight is 424 g/mol. The molecule has 0 aliphatic carbocycles. The maximum atomic E-state index is 13.1. The lowest BCUT2D eigenvalue weighted by Gasteiger charge is -2.14. The van der Waals surface area contributed by atoms with Crippen LogP contribution >= 0.6 is 0 Å². The molecule has 160 valence electrons. The van der Waals surface area contributed by atoms with Crippen LogP contribution in [0.4, 0.5) is 10.2 Å². The zero-order valence-corrected chi connectivity index (χ0v) is 16.9. The number of anilines is 1. The molecule has 0 aliphatic rings. The lowest BCUT2D eigenvalue weighted by Crippen LogP contribution is -2.32. The van der Waals surface area contributed by atoms with E-state index >= 15 is 0 Å². The number of carbonyl (C=O) groups excluding carboxylic acids is 2. The number of nitrogens with zero attached hydrogens (tertiary/aromatic N) is 2. The molecule has 0 fully saturated rings. The van der Waals surface area contributed by atoms with Crippen molar-refractivity contribution in [3.05, 3.63) is 65.6 Å². The number of carbonyl (C=O) groups is 2. The molecule has 1 atom stereocenters. The zero-order valence-electron chi connectivity index (χ0n) is 16.9. The van der Waals surface area contributed by atoms with Crippen molar-refractivity contribution < 1.29 is 23.8 Å². The quantitative estimate of drug-likeness (QED) is 0.474. The van der Waals surface area contributed by atoms with E-state index in [1.807, 2.05) is 0 Å². The van der Waals surface area contributed by atoms with E-state index in [2.05, 4.69) is 15.3 Å². The highest BCUT2D eigenvalue weighted by Crippen LogP contribution is 2.30. The normalized spacial score (nSPS) is 11.6. The number of rotatable bonds is 8. The minimum absolute atomic E-state index is 0.154. The number of Topliss-reactive ketones (excluding diaryl/α,β-unsaturated/α-hetero) is 1. The second-order valence-corrected chi connectivity index (χ2v) is 6.82. The molecule has 0 spiro atoms. The van der Waals surface area contributed by atoms with Gasteiger partial charge in [-0.05, 0) is 49.4 Å². The molecule has 8 nitrogen and oxygen atoms in total. The number of aromatic nitrogens is 2. The van der Waals surface area contributed by atoms with Gasteiger partial charge in [0.25, 0.3) is 0 Å². The lowest BCUT2D eigenvalue weighted by atomic mass is 10.1. The van der Waals surface area contributed by atoms with Crippen LogP contribution in [-0.4, -0.2) is 32.8 Å². The number of aliphatic hydroxyl groups is 1. The van der Waals surface area contributed by atoms with Gasteiger partial charge in [0, 0.05) is 24.1 Å². The van der Waals surface area contributed by atoms with Crippen LogP contribution < -0.4 is 15.8 Å². The molecule has 0 saturated heterocycles. The average Bonchev–Trinajstić information content (AvgIpc) is 2.75. The fraction of sp³-hybridized carbons (Fsp3) is 0.182. The van der Waals surface area contributed by atoms with Gasteiger partial charge in [-0.2, -0.15) is 0 Å². The van der Waals surface area contributed by atoms with E-state index < -0.39 is 11.9 Å². The van der Waals surface area contributed by atoms with E-state index in [0.717, 1.165) is 0 Å². The molecule has 2 aromatic carbocycles. The number of amides is 1. The highest BCUT2D eigenvalue weighted by atomic mass is 19.1. The first kappa shape index (κ1) is 21.8. The molecule has 1 amide bonds. The van der Waals surface area contributed by atoms with E-state index in [-0.39, 0.29) is 35.5 Å². The summed E-state index contributed by atoms with van der Waals surface area (Å²) in [5.41, 5.74) is 6.40. The number of primary amides is 1. The maximum Gasteiger partial charge on any atom is 0.239 e. The molecule has 4 N–H and O–H groups in total. The molecule has 0 radical (unpaired) electrons. The molecule has 3 rings (SSSR count). The van der Waals surface area contributed by atoms with Crippen LogP contribution in [0, 0.1) is 5.82 Å². The van der Waals surface area contributed by atoms with Gasteiger partial charge in [0.15, 0.2) is 11.6 Å². The van der Waals surface area contributed by atoms with Crippen molar-refractivity contribution in [2.24, 2.45) is 5.73 Å². The largest absolute Gasteiger partial charge is 0.457 e. The monoisotopic (exact) mass is 424 g/mol. The van der Waals surface area contributed by atoms with Gasteiger partial charge in [-0.25, -0.2) is 14.4 Å². The maximum absolute atomic E-state index is 13.1. The predicted octanol–water partition coefficient (Wildman–Crippen LogP) is 3.06. The van der Waals surface area contributed by atoms with E-state index in [1.165, 1.54) is 37.3 Å². The summed E-state index contributed by atoms with van der Waals surface area (Å²) in [7, 11) is 0. The number of halogens is 1. The molecule has 0 saturated carbocycles. The van der Waals surface area contributed by atoms with Crippen molar-refractivity contribution in [2.45, 2.75) is 26.5 Å². The second kappa shape index (κ2) is 9.31. The lowest BCUT2D eigenvalue weighted by molar-refractivity contribution is -0.118. The van der Waals surface area contributed by atoms with Gasteiger partial charge in [-0.3, -0.25) is 9.59 Å². The Labute approximate surface area is 177 Å². The fourth-order valence-corrected chi connectivity index (χ4v) is 2.69. The summed E-state index contributed by atoms with van der Waals surface area (Å²) in [4.78, 5) is 31.9. The van der Waals surface area contributed by atoms with Crippen molar-refractivity contribution in [3.63, 3.8) is 0 Å². The molecule has 1 heterocycles. The molecule has 1 aromatic heterocycles. The molecule has 0 unspecified atom stereocenters. The van der Waals surface area contributed by atoms with Gasteiger partial charge in [0.05, 0.1) is 6.61 Å². The summed E-state index contributed by atoms with van der Waals surface area (Å²) in [5.74, 6) is 0.0228. The number of hydrogen-bond donors (Lipinski definition) is 3. The fourth-order valence-electron chi connectivity index (χ4n) is 2.69. The third-order valence-electron chi connectivity index (χ3n) is 4.41. The summed E-state index contributed by atoms with van der Waals surface area (Å²) in [6.07, 6.45) is 0. The number of benzene rings is 2. The minimum Gasteiger partial charge on any atom is -0.457 e. The Balaban J connectivity index is 1.97. The summed E-state index contributed by atoms with van der Waals surface area (Å²) in [5, 5.41) is 12.6. The van der Waals surface area contributed by atoms with Gasteiger partial charge in [-0.1, -0.05) is 0 Å². The Morgan fingerprint density at radius 1 is 1.16 bits per heavy atom. The van der Waals surface area contributed by atoms with Crippen molar-refractivity contribution >= 4 is 17.5 Å². The van der Waals surface area contributed by atoms with E-state index in [1.54, 1.807) is 25.1 Å². The highest BCUT2D eigenvalue weighted by molar-refractivity contribution is 5.93. The molecule has 3 aromatic rings. The van der Waals surface area contributed by atoms with E-state index in [9.17, 15) is 19.1 Å². The Morgan fingerprint density at radius 3 is 2.48 bits per heavy atom. The third-order valence-corrected chi connectivity index (χ3v) is 4.41. The van der Waals surface area contributed by atoms with Gasteiger partial charge in [0.1, 0.15) is 34.9 Å². The summed E-state index contributed by atoms with van der Waals surface area (Å²) in [6, 6.07) is 11.1. The smallest absolute Gasteiger partial charge is 0.239 e. The van der Waals surface area contributed by atoms with E-state index in [4.69, 9.17) is 10.5 Å². The van der Waals surface area contributed by atoms with Crippen LogP contribution in [0.25, 0.3) is 11.4 Å². The van der Waals surface area contributed by atoms with Gasteiger partial charge in [-0.15, -0.1) is 0 Å². The van der Waals surface area contributed by atoms with Crippen molar-refractivity contribution in [3.8, 4) is 22.9 Å². The number of nitrogens with one attached hydrogen (secondary N) is 1. The number of hydrogen-bond acceptors (Lipinski definition) is 7. The molecular weight excluding hydrogens is 403 g/mol. The number of nitrogens with two attached hydrogens (primary N) is 1. The summed E-state index contributed by atoms with van der Waals surface area (Å²) in [6.45, 7) is 2.61. The van der Waals surface area contributed by atoms with E-state index in [0.29, 0.717) is 22.6 Å². The number of ketones is 1. The minimum atomic E-state index is -0.706.